The molecule has 4 heteroatoms. The van der Waals surface area contributed by atoms with Crippen LogP contribution in [0.4, 0.5) is 0 Å². The van der Waals surface area contributed by atoms with E-state index in [2.05, 4.69) is 11.8 Å². The van der Waals surface area contributed by atoms with Gasteiger partial charge in [0.05, 0.1) is 6.61 Å². The van der Waals surface area contributed by atoms with Crippen LogP contribution in [-0.4, -0.2) is 35.2 Å². The Morgan fingerprint density at radius 3 is 2.62 bits per heavy atom. The maximum absolute atomic E-state index is 11.5. The summed E-state index contributed by atoms with van der Waals surface area (Å²) in [6.45, 7) is 6.32. The van der Waals surface area contributed by atoms with Gasteiger partial charge < -0.3 is 9.84 Å². The molecular formula is C17H25NO3. The topological polar surface area (TPSA) is 49.8 Å². The van der Waals surface area contributed by atoms with E-state index >= 15 is 0 Å². The average Bonchev–Trinajstić information content (AvgIpc) is 2.49. The van der Waals surface area contributed by atoms with Crippen LogP contribution in [0, 0.1) is 5.92 Å². The van der Waals surface area contributed by atoms with Gasteiger partial charge >= 0.3 is 5.97 Å². The van der Waals surface area contributed by atoms with Crippen molar-refractivity contribution >= 4 is 5.97 Å². The summed E-state index contributed by atoms with van der Waals surface area (Å²) >= 11 is 0. The molecule has 4 nitrogen and oxygen atoms in total. The molecule has 1 aliphatic rings. The molecule has 1 fully saturated rings. The number of nitrogens with zero attached hydrogens (tertiary/aromatic N) is 1. The minimum Gasteiger partial charge on any atom is -0.494 e. The highest BCUT2D eigenvalue weighted by molar-refractivity contribution is 5.73. The predicted octanol–water partition coefficient (Wildman–Crippen LogP) is 3.16. The molecule has 0 bridgehead atoms. The molecule has 2 unspecified atom stereocenters. The summed E-state index contributed by atoms with van der Waals surface area (Å²) in [6, 6.07) is 7.60. The van der Waals surface area contributed by atoms with E-state index in [0.717, 1.165) is 37.1 Å². The highest BCUT2D eigenvalue weighted by Crippen LogP contribution is 2.27. The summed E-state index contributed by atoms with van der Waals surface area (Å²) < 4.78 is 5.43. The van der Waals surface area contributed by atoms with Gasteiger partial charge in [-0.2, -0.15) is 0 Å². The van der Waals surface area contributed by atoms with Crippen molar-refractivity contribution in [1.29, 1.82) is 0 Å². The largest absolute Gasteiger partial charge is 0.494 e. The molecule has 2 atom stereocenters. The van der Waals surface area contributed by atoms with Gasteiger partial charge in [0.15, 0.2) is 0 Å². The van der Waals surface area contributed by atoms with Crippen molar-refractivity contribution in [2.24, 2.45) is 5.92 Å². The molecule has 0 saturated carbocycles. The lowest BCUT2D eigenvalue weighted by molar-refractivity contribution is -0.145. The van der Waals surface area contributed by atoms with E-state index in [1.165, 1.54) is 0 Å². The van der Waals surface area contributed by atoms with Gasteiger partial charge in [-0.1, -0.05) is 25.5 Å². The van der Waals surface area contributed by atoms with E-state index in [4.69, 9.17) is 4.74 Å². The van der Waals surface area contributed by atoms with E-state index < -0.39 is 5.97 Å². The minimum absolute atomic E-state index is 0.352. The first-order chi connectivity index (χ1) is 10.1. The van der Waals surface area contributed by atoms with Crippen molar-refractivity contribution < 1.29 is 14.6 Å². The molecule has 0 spiro atoms. The third kappa shape index (κ3) is 4.21. The molecule has 21 heavy (non-hydrogen) atoms. The molecule has 0 aliphatic carbocycles. The smallest absolute Gasteiger partial charge is 0.320 e. The standard InChI is InChI=1S/C17H25NO3/c1-3-13-9-10-18(16(11-13)17(19)20)12-14-5-7-15(8-6-14)21-4-2/h5-8,13,16H,3-4,9-12H2,1-2H3,(H,19,20). The number of aliphatic carboxylic acids is 1. The maximum atomic E-state index is 11.5. The Kier molecular flexibility index (Phi) is 5.62. The Morgan fingerprint density at radius 1 is 1.33 bits per heavy atom. The van der Waals surface area contributed by atoms with Crippen LogP contribution in [0.25, 0.3) is 0 Å². The van der Waals surface area contributed by atoms with E-state index in [9.17, 15) is 9.90 Å². The molecule has 0 aromatic heterocycles. The second kappa shape index (κ2) is 7.46. The van der Waals surface area contributed by atoms with Gasteiger partial charge in [0.1, 0.15) is 11.8 Å². The zero-order valence-electron chi connectivity index (χ0n) is 12.9. The normalized spacial score (nSPS) is 23.0. The van der Waals surface area contributed by atoms with Crippen LogP contribution in [0.3, 0.4) is 0 Å². The molecule has 1 heterocycles. The van der Waals surface area contributed by atoms with Gasteiger partial charge in [-0.3, -0.25) is 9.69 Å². The fourth-order valence-electron chi connectivity index (χ4n) is 3.00. The molecule has 1 aliphatic heterocycles. The lowest BCUT2D eigenvalue weighted by Crippen LogP contribution is -2.46. The Morgan fingerprint density at radius 2 is 2.05 bits per heavy atom. The first kappa shape index (κ1) is 15.8. The fourth-order valence-corrected chi connectivity index (χ4v) is 3.00. The Hall–Kier alpha value is -1.55. The van der Waals surface area contributed by atoms with Gasteiger partial charge in [-0.05, 0) is 49.9 Å². The van der Waals surface area contributed by atoms with Crippen molar-refractivity contribution in [3.63, 3.8) is 0 Å². The second-order valence-corrected chi connectivity index (χ2v) is 5.70. The molecule has 0 radical (unpaired) electrons. The zero-order chi connectivity index (χ0) is 15.2. The van der Waals surface area contributed by atoms with Crippen LogP contribution >= 0.6 is 0 Å². The zero-order valence-corrected chi connectivity index (χ0v) is 12.9. The summed E-state index contributed by atoms with van der Waals surface area (Å²) in [5.41, 5.74) is 1.14. The summed E-state index contributed by atoms with van der Waals surface area (Å²) in [5, 5.41) is 9.45. The molecule has 1 N–H and O–H groups in total. The fraction of sp³-hybridized carbons (Fsp3) is 0.588. The van der Waals surface area contributed by atoms with Crippen molar-refractivity contribution in [3.8, 4) is 5.75 Å². The third-order valence-corrected chi connectivity index (χ3v) is 4.30. The van der Waals surface area contributed by atoms with E-state index in [1.54, 1.807) is 0 Å². The number of carbonyl (C=O) groups is 1. The Bertz CT molecular complexity index is 458. The first-order valence-corrected chi connectivity index (χ1v) is 7.82. The molecule has 1 saturated heterocycles. The van der Waals surface area contributed by atoms with Gasteiger partial charge in [0, 0.05) is 6.54 Å². The van der Waals surface area contributed by atoms with Crippen molar-refractivity contribution in [2.75, 3.05) is 13.2 Å². The maximum Gasteiger partial charge on any atom is 0.320 e. The lowest BCUT2D eigenvalue weighted by Gasteiger charge is -2.37. The van der Waals surface area contributed by atoms with Crippen LogP contribution in [0.2, 0.25) is 0 Å². The van der Waals surface area contributed by atoms with Crippen LogP contribution in [0.1, 0.15) is 38.7 Å². The molecule has 1 aromatic carbocycles. The van der Waals surface area contributed by atoms with E-state index in [1.807, 2.05) is 31.2 Å². The summed E-state index contributed by atoms with van der Waals surface area (Å²) in [5.74, 6) is 0.711. The number of hydrogen-bond acceptors (Lipinski definition) is 3. The van der Waals surface area contributed by atoms with Crippen LogP contribution in [0.5, 0.6) is 5.75 Å². The first-order valence-electron chi connectivity index (χ1n) is 7.82. The van der Waals surface area contributed by atoms with Crippen molar-refractivity contribution in [3.05, 3.63) is 29.8 Å². The second-order valence-electron chi connectivity index (χ2n) is 5.70. The number of rotatable bonds is 6. The van der Waals surface area contributed by atoms with Gasteiger partial charge in [0.2, 0.25) is 0 Å². The van der Waals surface area contributed by atoms with Crippen molar-refractivity contribution in [1.82, 2.24) is 4.90 Å². The minimum atomic E-state index is -0.695. The highest BCUT2D eigenvalue weighted by atomic mass is 16.5. The summed E-state index contributed by atoms with van der Waals surface area (Å²) in [7, 11) is 0. The number of carboxylic acid groups (broad SMARTS) is 1. The quantitative estimate of drug-likeness (QED) is 0.874. The van der Waals surface area contributed by atoms with E-state index in [-0.39, 0.29) is 6.04 Å². The number of carboxylic acids is 1. The summed E-state index contributed by atoms with van der Waals surface area (Å²) in [6.07, 6.45) is 2.93. The molecule has 2 rings (SSSR count). The molecular weight excluding hydrogens is 266 g/mol. The molecule has 1 aromatic rings. The SMILES string of the molecule is CCOc1ccc(CN2CCC(CC)CC2C(=O)O)cc1. The Labute approximate surface area is 126 Å². The number of likely N-dealkylation sites (tertiary alicyclic amines) is 1. The van der Waals surface area contributed by atoms with Crippen molar-refractivity contribution in [2.45, 2.75) is 45.7 Å². The summed E-state index contributed by atoms with van der Waals surface area (Å²) in [4.78, 5) is 13.6. The van der Waals surface area contributed by atoms with E-state index in [0.29, 0.717) is 19.1 Å². The molecule has 116 valence electrons. The predicted molar refractivity (Wildman–Crippen MR) is 82.5 cm³/mol. The molecule has 0 amide bonds. The number of hydrogen-bond donors (Lipinski definition) is 1. The highest BCUT2D eigenvalue weighted by Gasteiger charge is 2.32. The average molecular weight is 291 g/mol. The van der Waals surface area contributed by atoms with Crippen LogP contribution < -0.4 is 4.74 Å². The number of benzene rings is 1. The van der Waals surface area contributed by atoms with Gasteiger partial charge in [0.25, 0.3) is 0 Å². The third-order valence-electron chi connectivity index (χ3n) is 4.30. The van der Waals surface area contributed by atoms with Gasteiger partial charge in [-0.15, -0.1) is 0 Å². The Balaban J connectivity index is 2.01. The van der Waals surface area contributed by atoms with Gasteiger partial charge in [-0.25, -0.2) is 0 Å². The van der Waals surface area contributed by atoms with Crippen LogP contribution in [-0.2, 0) is 11.3 Å². The number of ether oxygens (including phenoxy) is 1. The lowest BCUT2D eigenvalue weighted by atomic mass is 9.88. The monoisotopic (exact) mass is 291 g/mol. The van der Waals surface area contributed by atoms with Crippen LogP contribution in [0.15, 0.2) is 24.3 Å². The number of piperidine rings is 1.